The fourth-order valence-corrected chi connectivity index (χ4v) is 2.40. The van der Waals surface area contributed by atoms with E-state index >= 15 is 0 Å². The van der Waals surface area contributed by atoms with E-state index in [1.807, 2.05) is 31.2 Å². The highest BCUT2D eigenvalue weighted by Crippen LogP contribution is 2.07. The summed E-state index contributed by atoms with van der Waals surface area (Å²) < 4.78 is 0. The first-order valence-electron chi connectivity index (χ1n) is 6.83. The summed E-state index contributed by atoms with van der Waals surface area (Å²) in [6, 6.07) is 7.72. The van der Waals surface area contributed by atoms with Gasteiger partial charge in [0.15, 0.2) is 0 Å². The van der Waals surface area contributed by atoms with Crippen LogP contribution in [0.4, 0.5) is 0 Å². The van der Waals surface area contributed by atoms with Gasteiger partial charge in [0.1, 0.15) is 0 Å². The van der Waals surface area contributed by atoms with Gasteiger partial charge in [0, 0.05) is 18.7 Å². The Morgan fingerprint density at radius 1 is 1.28 bits per heavy atom. The van der Waals surface area contributed by atoms with Gasteiger partial charge in [0.05, 0.1) is 0 Å². The van der Waals surface area contributed by atoms with E-state index < -0.39 is 0 Å². The molecule has 98 valence electrons. The smallest absolute Gasteiger partial charge is 0.251 e. The SMILES string of the molecule is Cc1cccc(C(=O)NCCN2CCCCC2)c1. The second-order valence-electron chi connectivity index (χ2n) is 5.03. The van der Waals surface area contributed by atoms with Crippen LogP contribution in [0.3, 0.4) is 0 Å². The predicted molar refractivity (Wildman–Crippen MR) is 73.8 cm³/mol. The van der Waals surface area contributed by atoms with Gasteiger partial charge in [-0.1, -0.05) is 24.1 Å². The van der Waals surface area contributed by atoms with Crippen LogP contribution in [0.1, 0.15) is 35.2 Å². The van der Waals surface area contributed by atoms with Gasteiger partial charge in [-0.25, -0.2) is 0 Å². The number of nitrogens with zero attached hydrogens (tertiary/aromatic N) is 1. The molecule has 0 aromatic heterocycles. The molecule has 0 bridgehead atoms. The number of carbonyl (C=O) groups excluding carboxylic acids is 1. The zero-order valence-electron chi connectivity index (χ0n) is 11.1. The van der Waals surface area contributed by atoms with E-state index in [4.69, 9.17) is 0 Å². The van der Waals surface area contributed by atoms with E-state index in [2.05, 4.69) is 10.2 Å². The van der Waals surface area contributed by atoms with Crippen molar-refractivity contribution in [2.24, 2.45) is 0 Å². The molecule has 1 heterocycles. The summed E-state index contributed by atoms with van der Waals surface area (Å²) in [5.41, 5.74) is 1.88. The fraction of sp³-hybridized carbons (Fsp3) is 0.533. The Bertz CT molecular complexity index is 397. The number of carbonyl (C=O) groups is 1. The van der Waals surface area contributed by atoms with Gasteiger partial charge in [-0.15, -0.1) is 0 Å². The van der Waals surface area contributed by atoms with Crippen molar-refractivity contribution >= 4 is 5.91 Å². The maximum absolute atomic E-state index is 11.9. The molecule has 1 aromatic rings. The topological polar surface area (TPSA) is 32.3 Å². The number of hydrogen-bond acceptors (Lipinski definition) is 2. The highest BCUT2D eigenvalue weighted by Gasteiger charge is 2.10. The number of hydrogen-bond donors (Lipinski definition) is 1. The number of aryl methyl sites for hydroxylation is 1. The number of amides is 1. The second-order valence-corrected chi connectivity index (χ2v) is 5.03. The molecule has 1 amide bonds. The molecule has 1 N–H and O–H groups in total. The molecule has 1 aliphatic heterocycles. The standard InChI is InChI=1S/C15H22N2O/c1-13-6-5-7-14(12-13)15(18)16-8-11-17-9-3-2-4-10-17/h5-7,12H,2-4,8-11H2,1H3,(H,16,18). The van der Waals surface area contributed by atoms with Gasteiger partial charge in [-0.2, -0.15) is 0 Å². The average Bonchev–Trinajstić information content (AvgIpc) is 2.40. The van der Waals surface area contributed by atoms with Crippen LogP contribution >= 0.6 is 0 Å². The summed E-state index contributed by atoms with van der Waals surface area (Å²) >= 11 is 0. The molecule has 0 aliphatic carbocycles. The molecule has 0 atom stereocenters. The summed E-state index contributed by atoms with van der Waals surface area (Å²) in [6.07, 6.45) is 3.95. The van der Waals surface area contributed by atoms with Crippen molar-refractivity contribution in [3.63, 3.8) is 0 Å². The summed E-state index contributed by atoms with van der Waals surface area (Å²) in [4.78, 5) is 14.3. The van der Waals surface area contributed by atoms with Crippen LogP contribution in [0, 0.1) is 6.92 Å². The van der Waals surface area contributed by atoms with Crippen LogP contribution in [-0.2, 0) is 0 Å². The Morgan fingerprint density at radius 3 is 2.78 bits per heavy atom. The van der Waals surface area contributed by atoms with E-state index in [1.54, 1.807) is 0 Å². The van der Waals surface area contributed by atoms with Crippen molar-refractivity contribution in [3.05, 3.63) is 35.4 Å². The molecule has 3 nitrogen and oxygen atoms in total. The third-order valence-electron chi connectivity index (χ3n) is 3.44. The minimum atomic E-state index is 0.0377. The molecule has 1 aliphatic rings. The third kappa shape index (κ3) is 3.84. The number of nitrogens with one attached hydrogen (secondary N) is 1. The maximum Gasteiger partial charge on any atom is 0.251 e. The van der Waals surface area contributed by atoms with Crippen LogP contribution in [0.15, 0.2) is 24.3 Å². The van der Waals surface area contributed by atoms with Crippen molar-refractivity contribution in [3.8, 4) is 0 Å². The lowest BCUT2D eigenvalue weighted by molar-refractivity contribution is 0.0946. The normalized spacial score (nSPS) is 16.5. The molecule has 0 spiro atoms. The van der Waals surface area contributed by atoms with Crippen LogP contribution < -0.4 is 5.32 Å². The summed E-state index contributed by atoms with van der Waals surface area (Å²) in [5.74, 6) is 0.0377. The molecule has 1 fully saturated rings. The van der Waals surface area contributed by atoms with Crippen molar-refractivity contribution < 1.29 is 4.79 Å². The minimum Gasteiger partial charge on any atom is -0.351 e. The summed E-state index contributed by atoms with van der Waals surface area (Å²) in [7, 11) is 0. The van der Waals surface area contributed by atoms with Gasteiger partial charge < -0.3 is 10.2 Å². The zero-order valence-corrected chi connectivity index (χ0v) is 11.1. The Labute approximate surface area is 109 Å². The molecule has 3 heteroatoms. The first-order chi connectivity index (χ1) is 8.75. The van der Waals surface area contributed by atoms with Crippen molar-refractivity contribution in [2.75, 3.05) is 26.2 Å². The van der Waals surface area contributed by atoms with Crippen LogP contribution in [0.5, 0.6) is 0 Å². The lowest BCUT2D eigenvalue weighted by Crippen LogP contribution is -2.37. The molecule has 0 saturated carbocycles. The van der Waals surface area contributed by atoms with Crippen molar-refractivity contribution in [1.29, 1.82) is 0 Å². The lowest BCUT2D eigenvalue weighted by atomic mass is 10.1. The molecular weight excluding hydrogens is 224 g/mol. The predicted octanol–water partition coefficient (Wildman–Crippen LogP) is 2.21. The maximum atomic E-state index is 11.9. The third-order valence-corrected chi connectivity index (χ3v) is 3.44. The van der Waals surface area contributed by atoms with Crippen LogP contribution in [0.2, 0.25) is 0 Å². The van der Waals surface area contributed by atoms with Crippen molar-refractivity contribution in [2.45, 2.75) is 26.2 Å². The Morgan fingerprint density at radius 2 is 2.06 bits per heavy atom. The molecular formula is C15H22N2O. The minimum absolute atomic E-state index is 0.0377. The van der Waals surface area contributed by atoms with Gasteiger partial charge in [0.25, 0.3) is 5.91 Å². The Balaban J connectivity index is 1.74. The second kappa shape index (κ2) is 6.55. The number of likely N-dealkylation sites (tertiary alicyclic amines) is 1. The molecule has 1 saturated heterocycles. The largest absolute Gasteiger partial charge is 0.351 e. The number of rotatable bonds is 4. The van der Waals surface area contributed by atoms with E-state index in [0.717, 1.165) is 24.2 Å². The average molecular weight is 246 g/mol. The van der Waals surface area contributed by atoms with Crippen molar-refractivity contribution in [1.82, 2.24) is 10.2 Å². The quantitative estimate of drug-likeness (QED) is 0.883. The Hall–Kier alpha value is -1.35. The van der Waals surface area contributed by atoms with E-state index in [9.17, 15) is 4.79 Å². The monoisotopic (exact) mass is 246 g/mol. The van der Waals surface area contributed by atoms with Crippen LogP contribution in [0.25, 0.3) is 0 Å². The summed E-state index contributed by atoms with van der Waals surface area (Å²) in [5, 5.41) is 2.99. The first kappa shape index (κ1) is 13.1. The fourth-order valence-electron chi connectivity index (χ4n) is 2.40. The summed E-state index contributed by atoms with van der Waals surface area (Å²) in [6.45, 7) is 6.08. The van der Waals surface area contributed by atoms with Crippen LogP contribution in [-0.4, -0.2) is 37.0 Å². The molecule has 2 rings (SSSR count). The number of benzene rings is 1. The molecule has 1 aromatic carbocycles. The molecule has 0 unspecified atom stereocenters. The zero-order chi connectivity index (χ0) is 12.8. The van der Waals surface area contributed by atoms with E-state index in [1.165, 1.54) is 32.4 Å². The molecule has 0 radical (unpaired) electrons. The van der Waals surface area contributed by atoms with Gasteiger partial charge in [0.2, 0.25) is 0 Å². The Kier molecular flexibility index (Phi) is 4.76. The van der Waals surface area contributed by atoms with E-state index in [-0.39, 0.29) is 5.91 Å². The highest BCUT2D eigenvalue weighted by molar-refractivity contribution is 5.94. The van der Waals surface area contributed by atoms with Gasteiger partial charge in [-0.3, -0.25) is 4.79 Å². The van der Waals surface area contributed by atoms with E-state index in [0.29, 0.717) is 0 Å². The lowest BCUT2D eigenvalue weighted by Gasteiger charge is -2.26. The van der Waals surface area contributed by atoms with Gasteiger partial charge in [-0.05, 0) is 45.0 Å². The highest BCUT2D eigenvalue weighted by atomic mass is 16.1. The van der Waals surface area contributed by atoms with Gasteiger partial charge >= 0.3 is 0 Å². The number of piperidine rings is 1. The molecule has 18 heavy (non-hydrogen) atoms. The first-order valence-corrected chi connectivity index (χ1v) is 6.83.